The summed E-state index contributed by atoms with van der Waals surface area (Å²) in [5, 5.41) is 0. The highest BCUT2D eigenvalue weighted by Gasteiger charge is 2.27. The van der Waals surface area contributed by atoms with Gasteiger partial charge in [0.25, 0.3) is 0 Å². The summed E-state index contributed by atoms with van der Waals surface area (Å²) in [7, 11) is 1.50. The average molecular weight is 1260 g/mol. The van der Waals surface area contributed by atoms with E-state index < -0.39 is 26.5 Å². The molecule has 0 fully saturated rings. The van der Waals surface area contributed by atoms with Crippen molar-refractivity contribution in [2.75, 3.05) is 47.5 Å². The van der Waals surface area contributed by atoms with Crippen LogP contribution in [-0.4, -0.2) is 74.9 Å². The van der Waals surface area contributed by atoms with Gasteiger partial charge in [0.05, 0.1) is 27.7 Å². The Bertz CT molecular complexity index is 1530. The van der Waals surface area contributed by atoms with Crippen LogP contribution in [-0.2, 0) is 32.7 Å². The molecule has 88 heavy (non-hydrogen) atoms. The van der Waals surface area contributed by atoms with Crippen molar-refractivity contribution in [2.24, 2.45) is 0 Å². The lowest BCUT2D eigenvalue weighted by Gasteiger charge is -2.24. The summed E-state index contributed by atoms with van der Waals surface area (Å²) >= 11 is 0. The van der Waals surface area contributed by atoms with Crippen LogP contribution in [0.5, 0.6) is 0 Å². The van der Waals surface area contributed by atoms with Gasteiger partial charge in [0.15, 0.2) is 6.10 Å². The van der Waals surface area contributed by atoms with Crippen molar-refractivity contribution in [3.8, 4) is 0 Å². The second kappa shape index (κ2) is 69.8. The summed E-state index contributed by atoms with van der Waals surface area (Å²) in [4.78, 5) is 36.0. The van der Waals surface area contributed by atoms with Gasteiger partial charge in [-0.1, -0.05) is 378 Å². The van der Waals surface area contributed by atoms with E-state index in [1.165, 1.54) is 340 Å². The second-order valence-electron chi connectivity index (χ2n) is 28.1. The summed E-state index contributed by atoms with van der Waals surface area (Å²) in [5.74, 6) is -0.769. The number of rotatable bonds is 74. The molecule has 1 N–H and O–H groups in total. The van der Waals surface area contributed by atoms with Crippen LogP contribution in [0.4, 0.5) is 0 Å². The average Bonchev–Trinajstić information content (AvgIpc) is 3.56. The first-order valence-electron chi connectivity index (χ1n) is 39.1. The molecular formula is C78H153NO8P+. The van der Waals surface area contributed by atoms with E-state index in [1.54, 1.807) is 0 Å². The zero-order valence-electron chi connectivity index (χ0n) is 59.8. The summed E-state index contributed by atoms with van der Waals surface area (Å²) < 4.78 is 34.8. The third kappa shape index (κ3) is 73.5. The fourth-order valence-corrected chi connectivity index (χ4v) is 12.7. The molecule has 2 atom stereocenters. The van der Waals surface area contributed by atoms with E-state index in [1.807, 2.05) is 21.1 Å². The second-order valence-corrected chi connectivity index (χ2v) is 29.6. The van der Waals surface area contributed by atoms with Crippen LogP contribution in [0.1, 0.15) is 412 Å². The van der Waals surface area contributed by atoms with Crippen molar-refractivity contribution >= 4 is 19.8 Å². The van der Waals surface area contributed by atoms with Crippen LogP contribution in [0.3, 0.4) is 0 Å². The fraction of sp³-hybridized carbons (Fsp3) is 0.923. The first-order valence-corrected chi connectivity index (χ1v) is 40.6. The topological polar surface area (TPSA) is 108 Å². The van der Waals surface area contributed by atoms with Crippen molar-refractivity contribution in [2.45, 2.75) is 418 Å². The van der Waals surface area contributed by atoms with Crippen LogP contribution >= 0.6 is 7.82 Å². The standard InChI is InChI=1S/C78H152NO8P/c1-6-8-10-12-14-16-18-20-22-24-26-28-30-32-34-36-38-39-41-43-45-47-49-51-53-55-57-59-61-63-65-67-69-71-78(81)87-76(75-86-88(82,83)85-73-72-79(3,4)5)74-84-77(80)70-68-66-64-62-60-58-56-54-52-50-48-46-44-42-40-37-35-33-31-29-27-25-23-21-19-17-15-13-11-9-7-2/h18,20,24,26,76H,6-17,19,21-23,25,27-75H2,1-5H3/p+1/b20-18-,26-24-. The molecule has 0 aromatic rings. The van der Waals surface area contributed by atoms with E-state index in [4.69, 9.17) is 18.5 Å². The monoisotopic (exact) mass is 1260 g/mol. The molecule has 0 aliphatic rings. The summed E-state index contributed by atoms with van der Waals surface area (Å²) in [6.07, 6.45) is 88.9. The van der Waals surface area contributed by atoms with Crippen molar-refractivity contribution in [3.63, 3.8) is 0 Å². The summed E-state index contributed by atoms with van der Waals surface area (Å²) in [6.45, 7) is 4.51. The fourth-order valence-electron chi connectivity index (χ4n) is 12.0. The molecule has 0 aliphatic carbocycles. The minimum Gasteiger partial charge on any atom is -0.462 e. The Hall–Kier alpha value is -1.51. The highest BCUT2D eigenvalue weighted by Crippen LogP contribution is 2.43. The van der Waals surface area contributed by atoms with Gasteiger partial charge in [0.1, 0.15) is 19.8 Å². The van der Waals surface area contributed by atoms with Crippen LogP contribution in [0.15, 0.2) is 24.3 Å². The number of hydrogen-bond acceptors (Lipinski definition) is 7. The molecule has 0 amide bonds. The molecule has 0 radical (unpaired) electrons. The van der Waals surface area contributed by atoms with Crippen LogP contribution in [0.25, 0.3) is 0 Å². The largest absolute Gasteiger partial charge is 0.472 e. The SMILES string of the molecule is CCCCCCC/C=C\C/C=C\CCCCCCCCCCCCCCCCCCCCCCCC(=O)OC(COC(=O)CCCCCCCCCCCCCCCCCCCCCCCCCCCCCCCCC)COP(=O)(O)OCC[N+](C)(C)C. The van der Waals surface area contributed by atoms with Crippen molar-refractivity contribution in [1.82, 2.24) is 0 Å². The number of carbonyl (C=O) groups excluding carboxylic acids is 2. The number of phosphoric ester groups is 1. The Morgan fingerprint density at radius 1 is 0.352 bits per heavy atom. The van der Waals surface area contributed by atoms with Gasteiger partial charge < -0.3 is 18.9 Å². The van der Waals surface area contributed by atoms with Gasteiger partial charge in [-0.05, 0) is 44.9 Å². The number of hydrogen-bond donors (Lipinski definition) is 1. The van der Waals surface area contributed by atoms with Gasteiger partial charge in [0.2, 0.25) is 0 Å². The molecule has 0 spiro atoms. The number of esters is 2. The number of nitrogens with zero attached hydrogens (tertiary/aromatic N) is 1. The number of likely N-dealkylation sites (N-methyl/N-ethyl adjacent to an activating group) is 1. The lowest BCUT2D eigenvalue weighted by molar-refractivity contribution is -0.870. The van der Waals surface area contributed by atoms with Crippen molar-refractivity contribution < 1.29 is 42.1 Å². The predicted octanol–water partition coefficient (Wildman–Crippen LogP) is 25.6. The van der Waals surface area contributed by atoms with Crippen molar-refractivity contribution in [3.05, 3.63) is 24.3 Å². The number of quaternary nitrogens is 1. The van der Waals surface area contributed by atoms with Crippen LogP contribution < -0.4 is 0 Å². The maximum atomic E-state index is 12.9. The molecule has 10 heteroatoms. The molecule has 0 aromatic carbocycles. The van der Waals surface area contributed by atoms with E-state index in [0.717, 1.165) is 44.9 Å². The highest BCUT2D eigenvalue weighted by molar-refractivity contribution is 7.47. The molecular weight excluding hydrogens is 1110 g/mol. The number of allylic oxidation sites excluding steroid dienone is 4. The Morgan fingerprint density at radius 2 is 0.614 bits per heavy atom. The van der Waals surface area contributed by atoms with Gasteiger partial charge in [0, 0.05) is 12.8 Å². The predicted molar refractivity (Wildman–Crippen MR) is 381 cm³/mol. The third-order valence-electron chi connectivity index (χ3n) is 18.0. The van der Waals surface area contributed by atoms with E-state index in [0.29, 0.717) is 17.4 Å². The Morgan fingerprint density at radius 3 is 0.898 bits per heavy atom. The van der Waals surface area contributed by atoms with E-state index in [2.05, 4.69) is 38.2 Å². The lowest BCUT2D eigenvalue weighted by Crippen LogP contribution is -2.37. The van der Waals surface area contributed by atoms with Crippen molar-refractivity contribution in [1.29, 1.82) is 0 Å². The number of carbonyl (C=O) groups is 2. The molecule has 0 saturated carbocycles. The maximum Gasteiger partial charge on any atom is 0.472 e. The molecule has 0 saturated heterocycles. The van der Waals surface area contributed by atoms with E-state index in [9.17, 15) is 19.0 Å². The third-order valence-corrected chi connectivity index (χ3v) is 19.0. The maximum absolute atomic E-state index is 12.9. The molecule has 0 bridgehead atoms. The summed E-state index contributed by atoms with van der Waals surface area (Å²) in [5.41, 5.74) is 0. The smallest absolute Gasteiger partial charge is 0.462 e. The highest BCUT2D eigenvalue weighted by atomic mass is 31.2. The van der Waals surface area contributed by atoms with Crippen LogP contribution in [0, 0.1) is 0 Å². The van der Waals surface area contributed by atoms with Crippen LogP contribution in [0.2, 0.25) is 0 Å². The van der Waals surface area contributed by atoms with Gasteiger partial charge in [-0.3, -0.25) is 18.6 Å². The molecule has 0 aromatic heterocycles. The zero-order chi connectivity index (χ0) is 64.1. The number of ether oxygens (including phenoxy) is 2. The molecule has 522 valence electrons. The Labute approximate surface area is 549 Å². The van der Waals surface area contributed by atoms with E-state index in [-0.39, 0.29) is 25.6 Å². The Kier molecular flexibility index (Phi) is 68.6. The molecule has 0 rings (SSSR count). The molecule has 2 unspecified atom stereocenters. The molecule has 9 nitrogen and oxygen atoms in total. The first kappa shape index (κ1) is 86.5. The molecule has 0 aliphatic heterocycles. The summed E-state index contributed by atoms with van der Waals surface area (Å²) in [6, 6.07) is 0. The first-order chi connectivity index (χ1) is 43.0. The van der Waals surface area contributed by atoms with Gasteiger partial charge in [-0.15, -0.1) is 0 Å². The Balaban J connectivity index is 3.92. The molecule has 0 heterocycles. The van der Waals surface area contributed by atoms with Gasteiger partial charge in [-0.2, -0.15) is 0 Å². The number of unbranched alkanes of at least 4 members (excludes halogenated alkanes) is 56. The van der Waals surface area contributed by atoms with Gasteiger partial charge >= 0.3 is 19.8 Å². The normalized spacial score (nSPS) is 13.1. The van der Waals surface area contributed by atoms with Gasteiger partial charge in [-0.25, -0.2) is 4.57 Å². The minimum atomic E-state index is -4.39. The van der Waals surface area contributed by atoms with E-state index >= 15 is 0 Å². The zero-order valence-corrected chi connectivity index (χ0v) is 60.6. The number of phosphoric acid groups is 1. The quantitative estimate of drug-likeness (QED) is 0.0211. The lowest BCUT2D eigenvalue weighted by atomic mass is 10.0. The minimum absolute atomic E-state index is 0.0361.